The number of nitrogens with zero attached hydrogens (tertiary/aromatic N) is 3. The second-order valence-corrected chi connectivity index (χ2v) is 7.41. The van der Waals surface area contributed by atoms with Gasteiger partial charge in [-0.15, -0.1) is 0 Å². The minimum atomic E-state index is -0.159. The summed E-state index contributed by atoms with van der Waals surface area (Å²) in [6.45, 7) is 6.08. The Bertz CT molecular complexity index is 1090. The minimum absolute atomic E-state index is 0.0903. The number of nitrogens with one attached hydrogen (secondary N) is 1. The topological polar surface area (TPSA) is 69.0 Å². The number of amides is 1. The van der Waals surface area contributed by atoms with Crippen LogP contribution in [0.15, 0.2) is 36.5 Å². The molecule has 0 radical (unpaired) electrons. The van der Waals surface area contributed by atoms with Crippen LogP contribution in [0.25, 0.3) is 10.9 Å². The van der Waals surface area contributed by atoms with Gasteiger partial charge in [-0.05, 0) is 50.1 Å². The third-order valence-corrected chi connectivity index (χ3v) is 4.86. The number of pyridine rings is 1. The number of carbonyl (C=O) groups excluding carboxylic acids is 1. The third kappa shape index (κ3) is 3.92. The second kappa shape index (κ2) is 7.87. The van der Waals surface area contributed by atoms with Gasteiger partial charge in [0.2, 0.25) is 5.91 Å². The first kappa shape index (κ1) is 19.7. The number of likely N-dealkylation sites (N-methyl/N-ethyl adjacent to an activating group) is 1. The summed E-state index contributed by atoms with van der Waals surface area (Å²) in [5.74, 6) is -0.159. The molecule has 0 fully saturated rings. The van der Waals surface area contributed by atoms with Crippen molar-refractivity contribution < 1.29 is 4.79 Å². The Kier molecular flexibility index (Phi) is 5.53. The Hall–Kier alpha value is -3.10. The number of rotatable bonds is 4. The van der Waals surface area contributed by atoms with E-state index < -0.39 is 0 Å². The van der Waals surface area contributed by atoms with Crippen LogP contribution in [-0.2, 0) is 4.79 Å². The van der Waals surface area contributed by atoms with E-state index in [1.807, 2.05) is 32.9 Å². The van der Waals surface area contributed by atoms with Crippen LogP contribution in [0.4, 0.5) is 11.4 Å². The minimum Gasteiger partial charge on any atom is -0.364 e. The summed E-state index contributed by atoms with van der Waals surface area (Å²) < 4.78 is 0. The lowest BCUT2D eigenvalue weighted by Crippen LogP contribution is -2.31. The molecule has 0 aliphatic carbocycles. The van der Waals surface area contributed by atoms with E-state index in [-0.39, 0.29) is 12.5 Å². The number of carbonyl (C=O) groups is 1. The van der Waals surface area contributed by atoms with E-state index >= 15 is 0 Å². The molecular formula is C22H21ClN4O. The van der Waals surface area contributed by atoms with Crippen LogP contribution < -0.4 is 10.2 Å². The average Bonchev–Trinajstić information content (AvgIpc) is 2.63. The van der Waals surface area contributed by atoms with E-state index in [0.29, 0.717) is 16.3 Å². The van der Waals surface area contributed by atoms with Crippen molar-refractivity contribution in [2.24, 2.45) is 0 Å². The fourth-order valence-electron chi connectivity index (χ4n) is 3.49. The van der Waals surface area contributed by atoms with E-state index in [4.69, 9.17) is 11.6 Å². The van der Waals surface area contributed by atoms with Crippen molar-refractivity contribution in [3.05, 3.63) is 63.8 Å². The lowest BCUT2D eigenvalue weighted by atomic mass is 10.1. The number of aryl methyl sites for hydroxylation is 3. The largest absolute Gasteiger partial charge is 0.364 e. The van der Waals surface area contributed by atoms with Gasteiger partial charge in [0.25, 0.3) is 0 Å². The normalized spacial score (nSPS) is 10.6. The number of benzene rings is 2. The zero-order chi connectivity index (χ0) is 20.4. The Morgan fingerprint density at radius 2 is 1.89 bits per heavy atom. The number of hydrogen-bond acceptors (Lipinski definition) is 4. The molecular weight excluding hydrogens is 372 g/mol. The van der Waals surface area contributed by atoms with E-state index in [0.717, 1.165) is 33.3 Å². The quantitative estimate of drug-likeness (QED) is 0.694. The molecule has 0 bridgehead atoms. The lowest BCUT2D eigenvalue weighted by Gasteiger charge is -2.22. The first-order valence-corrected chi connectivity index (χ1v) is 9.25. The molecule has 1 aromatic heterocycles. The molecule has 142 valence electrons. The number of aromatic nitrogens is 1. The summed E-state index contributed by atoms with van der Waals surface area (Å²) in [6.07, 6.45) is 1.52. The third-order valence-electron chi connectivity index (χ3n) is 4.63. The van der Waals surface area contributed by atoms with Crippen LogP contribution in [0.3, 0.4) is 0 Å². The molecule has 0 atom stereocenters. The van der Waals surface area contributed by atoms with E-state index in [9.17, 15) is 10.1 Å². The molecule has 0 spiro atoms. The molecule has 3 aromatic rings. The van der Waals surface area contributed by atoms with Crippen LogP contribution in [0.5, 0.6) is 0 Å². The zero-order valence-electron chi connectivity index (χ0n) is 16.3. The number of nitriles is 1. The van der Waals surface area contributed by atoms with Crippen LogP contribution in [-0.4, -0.2) is 24.5 Å². The monoisotopic (exact) mass is 392 g/mol. The van der Waals surface area contributed by atoms with Gasteiger partial charge in [0.05, 0.1) is 23.3 Å². The molecule has 1 heterocycles. The maximum atomic E-state index is 12.7. The van der Waals surface area contributed by atoms with Gasteiger partial charge in [0, 0.05) is 29.3 Å². The zero-order valence-corrected chi connectivity index (χ0v) is 17.1. The van der Waals surface area contributed by atoms with Gasteiger partial charge in [-0.1, -0.05) is 29.3 Å². The predicted molar refractivity (Wildman–Crippen MR) is 114 cm³/mol. The van der Waals surface area contributed by atoms with Crippen LogP contribution in [0.2, 0.25) is 5.02 Å². The Balaban J connectivity index is 1.91. The van der Waals surface area contributed by atoms with Crippen molar-refractivity contribution in [3.8, 4) is 6.07 Å². The van der Waals surface area contributed by atoms with E-state index in [2.05, 4.69) is 16.4 Å². The maximum absolute atomic E-state index is 12.7. The highest BCUT2D eigenvalue weighted by molar-refractivity contribution is 6.31. The van der Waals surface area contributed by atoms with Gasteiger partial charge in [-0.25, -0.2) is 0 Å². The molecule has 0 unspecified atom stereocenters. The Morgan fingerprint density at radius 3 is 2.54 bits per heavy atom. The van der Waals surface area contributed by atoms with Gasteiger partial charge in [0.15, 0.2) is 0 Å². The lowest BCUT2D eigenvalue weighted by molar-refractivity contribution is -0.114. The number of hydrogen-bond donors (Lipinski definition) is 1. The summed E-state index contributed by atoms with van der Waals surface area (Å²) in [5.41, 5.74) is 5.78. The van der Waals surface area contributed by atoms with E-state index in [1.165, 1.54) is 6.20 Å². The van der Waals surface area contributed by atoms with Gasteiger partial charge >= 0.3 is 0 Å². The molecule has 6 heteroatoms. The van der Waals surface area contributed by atoms with Crippen LogP contribution in [0, 0.1) is 32.1 Å². The summed E-state index contributed by atoms with van der Waals surface area (Å²) in [6, 6.07) is 11.6. The summed E-state index contributed by atoms with van der Waals surface area (Å²) >= 11 is 6.14. The Labute approximate surface area is 169 Å². The summed E-state index contributed by atoms with van der Waals surface area (Å²) in [7, 11) is 1.78. The van der Waals surface area contributed by atoms with Gasteiger partial charge in [-0.2, -0.15) is 5.26 Å². The highest BCUT2D eigenvalue weighted by atomic mass is 35.5. The van der Waals surface area contributed by atoms with Crippen molar-refractivity contribution in [1.82, 2.24) is 4.98 Å². The van der Waals surface area contributed by atoms with Crippen molar-refractivity contribution >= 4 is 39.8 Å². The molecule has 5 nitrogen and oxygen atoms in total. The second-order valence-electron chi connectivity index (χ2n) is 6.97. The van der Waals surface area contributed by atoms with Crippen LogP contribution >= 0.6 is 11.6 Å². The molecule has 2 aromatic carbocycles. The van der Waals surface area contributed by atoms with Crippen molar-refractivity contribution in [2.45, 2.75) is 20.8 Å². The highest BCUT2D eigenvalue weighted by Gasteiger charge is 2.17. The molecule has 28 heavy (non-hydrogen) atoms. The SMILES string of the molecule is Cc1cc(C)c(NC(=O)CN(C)c2c(C#N)cnc3ccc(Cl)cc23)c(C)c1. The number of fused-ring (bicyclic) bond motifs is 1. The number of anilines is 2. The molecule has 0 aliphatic heterocycles. The molecule has 3 rings (SSSR count). The smallest absolute Gasteiger partial charge is 0.243 e. The summed E-state index contributed by atoms with van der Waals surface area (Å²) in [5, 5.41) is 13.8. The first-order valence-electron chi connectivity index (χ1n) is 8.87. The average molecular weight is 393 g/mol. The Morgan fingerprint density at radius 1 is 1.21 bits per heavy atom. The first-order chi connectivity index (χ1) is 13.3. The molecule has 1 amide bonds. The van der Waals surface area contributed by atoms with Gasteiger partial charge < -0.3 is 10.2 Å². The van der Waals surface area contributed by atoms with Crippen molar-refractivity contribution in [1.29, 1.82) is 5.26 Å². The molecule has 1 N–H and O–H groups in total. The molecule has 0 saturated carbocycles. The van der Waals surface area contributed by atoms with Gasteiger partial charge in [0.1, 0.15) is 6.07 Å². The molecule has 0 saturated heterocycles. The number of halogens is 1. The highest BCUT2D eigenvalue weighted by Crippen LogP contribution is 2.30. The summed E-state index contributed by atoms with van der Waals surface area (Å²) in [4.78, 5) is 18.8. The fourth-order valence-corrected chi connectivity index (χ4v) is 3.67. The van der Waals surface area contributed by atoms with Crippen LogP contribution in [0.1, 0.15) is 22.3 Å². The van der Waals surface area contributed by atoms with Crippen molar-refractivity contribution in [2.75, 3.05) is 23.8 Å². The maximum Gasteiger partial charge on any atom is 0.243 e. The standard InChI is InChI=1S/C22H21ClN4O/c1-13-7-14(2)21(15(3)8-13)26-20(28)12-27(4)22-16(10-24)11-25-19-6-5-17(23)9-18(19)22/h5-9,11H,12H2,1-4H3,(H,26,28). The predicted octanol–water partition coefficient (Wildman–Crippen LogP) is 4.76. The fraction of sp³-hybridized carbons (Fsp3) is 0.227. The molecule has 0 aliphatic rings. The van der Waals surface area contributed by atoms with Gasteiger partial charge in [-0.3, -0.25) is 9.78 Å². The van der Waals surface area contributed by atoms with E-state index in [1.54, 1.807) is 30.1 Å². The van der Waals surface area contributed by atoms with Crippen molar-refractivity contribution in [3.63, 3.8) is 0 Å².